The number of carboxylic acids is 1. The first kappa shape index (κ1) is 14.5. The number of nitrogens with zero attached hydrogens (tertiary/aromatic N) is 2. The molecule has 0 aliphatic carbocycles. The van der Waals surface area contributed by atoms with Gasteiger partial charge in [0.25, 0.3) is 5.91 Å². The number of aromatic nitrogens is 1. The van der Waals surface area contributed by atoms with Crippen LogP contribution in [-0.4, -0.2) is 41.2 Å². The number of pyridine rings is 1. The van der Waals surface area contributed by atoms with E-state index in [1.54, 1.807) is 12.3 Å². The van der Waals surface area contributed by atoms with Gasteiger partial charge >= 0.3 is 5.97 Å². The van der Waals surface area contributed by atoms with E-state index in [-0.39, 0.29) is 18.9 Å². The summed E-state index contributed by atoms with van der Waals surface area (Å²) in [6, 6.07) is 3.57. The van der Waals surface area contributed by atoms with Crippen molar-refractivity contribution in [3.63, 3.8) is 0 Å². The largest absolute Gasteiger partial charge is 0.481 e. The molecule has 1 aromatic rings. The lowest BCUT2D eigenvalue weighted by Gasteiger charge is -2.23. The summed E-state index contributed by atoms with van der Waals surface area (Å²) in [5.41, 5.74) is 0.983. The Morgan fingerprint density at radius 1 is 1.50 bits per heavy atom. The molecule has 1 aliphatic heterocycles. The molecular formula is C14H18N2O4. The molecule has 2 heterocycles. The third-order valence-corrected chi connectivity index (χ3v) is 3.19. The van der Waals surface area contributed by atoms with E-state index in [0.29, 0.717) is 18.8 Å². The predicted molar refractivity (Wildman–Crippen MR) is 72.6 cm³/mol. The van der Waals surface area contributed by atoms with E-state index < -0.39 is 12.1 Å². The second-order valence-electron chi connectivity index (χ2n) is 4.83. The molecule has 1 fully saturated rings. The third-order valence-electron chi connectivity index (χ3n) is 3.19. The van der Waals surface area contributed by atoms with Crippen LogP contribution in [0.2, 0.25) is 0 Å². The Balaban J connectivity index is 2.16. The fourth-order valence-corrected chi connectivity index (χ4v) is 2.11. The number of amides is 1. The summed E-state index contributed by atoms with van der Waals surface area (Å²) in [6.45, 7) is 2.58. The van der Waals surface area contributed by atoms with E-state index >= 15 is 0 Å². The van der Waals surface area contributed by atoms with Gasteiger partial charge in [-0.25, -0.2) is 4.98 Å². The highest BCUT2D eigenvalue weighted by Gasteiger charge is 2.29. The maximum atomic E-state index is 12.4. The summed E-state index contributed by atoms with van der Waals surface area (Å²) in [7, 11) is 0. The highest BCUT2D eigenvalue weighted by Crippen LogP contribution is 2.19. The third kappa shape index (κ3) is 3.54. The van der Waals surface area contributed by atoms with Crippen LogP contribution in [0.1, 0.15) is 24.8 Å². The molecule has 20 heavy (non-hydrogen) atoms. The molecule has 1 saturated heterocycles. The molecule has 1 unspecified atom stereocenters. The summed E-state index contributed by atoms with van der Waals surface area (Å²) in [5.74, 6) is -0.681. The standard InChI is InChI=1S/C14H18N2O4/c1-10-4-5-12(15-9-10)16(7-6-13(17)18)14(19)11-3-2-8-20-11/h4-5,9,11H,2-3,6-8H2,1H3,(H,17,18). The molecule has 2 rings (SSSR count). The maximum Gasteiger partial charge on any atom is 0.305 e. The highest BCUT2D eigenvalue weighted by atomic mass is 16.5. The van der Waals surface area contributed by atoms with Crippen molar-refractivity contribution in [2.75, 3.05) is 18.1 Å². The van der Waals surface area contributed by atoms with E-state index in [0.717, 1.165) is 12.0 Å². The molecule has 0 radical (unpaired) electrons. The van der Waals surface area contributed by atoms with Gasteiger partial charge in [0, 0.05) is 19.3 Å². The fourth-order valence-electron chi connectivity index (χ4n) is 2.11. The van der Waals surface area contributed by atoms with Gasteiger partial charge < -0.3 is 9.84 Å². The number of hydrogen-bond acceptors (Lipinski definition) is 4. The Labute approximate surface area is 117 Å². The summed E-state index contributed by atoms with van der Waals surface area (Å²) in [5, 5.41) is 8.81. The number of aryl methyl sites for hydroxylation is 1. The van der Waals surface area contributed by atoms with Crippen LogP contribution < -0.4 is 4.90 Å². The van der Waals surface area contributed by atoms with Crippen molar-refractivity contribution in [3.8, 4) is 0 Å². The molecule has 6 nitrogen and oxygen atoms in total. The molecule has 1 atom stereocenters. The molecule has 1 amide bonds. The predicted octanol–water partition coefficient (Wildman–Crippen LogP) is 1.38. The minimum absolute atomic E-state index is 0.101. The SMILES string of the molecule is Cc1ccc(N(CCC(=O)O)C(=O)C2CCCO2)nc1. The molecule has 1 aliphatic rings. The molecule has 0 saturated carbocycles. The van der Waals surface area contributed by atoms with Gasteiger partial charge in [-0.3, -0.25) is 14.5 Å². The van der Waals surface area contributed by atoms with Gasteiger partial charge in [-0.2, -0.15) is 0 Å². The summed E-state index contributed by atoms with van der Waals surface area (Å²) < 4.78 is 5.38. The van der Waals surface area contributed by atoms with Crippen LogP contribution in [0.3, 0.4) is 0 Å². The summed E-state index contributed by atoms with van der Waals surface area (Å²) in [6.07, 6.45) is 2.59. The molecule has 0 spiro atoms. The van der Waals surface area contributed by atoms with Crippen LogP contribution in [-0.2, 0) is 14.3 Å². The van der Waals surface area contributed by atoms with Gasteiger partial charge in [0.05, 0.1) is 6.42 Å². The van der Waals surface area contributed by atoms with Gasteiger partial charge in [-0.05, 0) is 31.4 Å². The number of carboxylic acid groups (broad SMARTS) is 1. The lowest BCUT2D eigenvalue weighted by Crippen LogP contribution is -2.40. The Kier molecular flexibility index (Phi) is 4.68. The van der Waals surface area contributed by atoms with Crippen molar-refractivity contribution in [2.24, 2.45) is 0 Å². The van der Waals surface area contributed by atoms with E-state index in [1.807, 2.05) is 13.0 Å². The summed E-state index contributed by atoms with van der Waals surface area (Å²) >= 11 is 0. The number of carbonyl (C=O) groups is 2. The Morgan fingerprint density at radius 3 is 2.85 bits per heavy atom. The summed E-state index contributed by atoms with van der Waals surface area (Å²) in [4.78, 5) is 28.8. The number of aliphatic carboxylic acids is 1. The number of carbonyl (C=O) groups excluding carboxylic acids is 1. The zero-order valence-corrected chi connectivity index (χ0v) is 11.4. The van der Waals surface area contributed by atoms with Crippen molar-refractivity contribution in [1.29, 1.82) is 0 Å². The van der Waals surface area contributed by atoms with E-state index in [2.05, 4.69) is 4.98 Å². The molecule has 1 N–H and O–H groups in total. The van der Waals surface area contributed by atoms with E-state index in [1.165, 1.54) is 4.90 Å². The van der Waals surface area contributed by atoms with Crippen LogP contribution in [0.4, 0.5) is 5.82 Å². The van der Waals surface area contributed by atoms with Gasteiger partial charge in [0.1, 0.15) is 11.9 Å². The minimum Gasteiger partial charge on any atom is -0.481 e. The van der Waals surface area contributed by atoms with Crippen LogP contribution >= 0.6 is 0 Å². The first-order valence-electron chi connectivity index (χ1n) is 6.65. The van der Waals surface area contributed by atoms with Gasteiger partial charge in [-0.1, -0.05) is 6.07 Å². The van der Waals surface area contributed by atoms with Crippen molar-refractivity contribution in [3.05, 3.63) is 23.9 Å². The van der Waals surface area contributed by atoms with Crippen molar-refractivity contribution >= 4 is 17.7 Å². The monoisotopic (exact) mass is 278 g/mol. The Morgan fingerprint density at radius 2 is 2.30 bits per heavy atom. The number of rotatable bonds is 5. The second-order valence-corrected chi connectivity index (χ2v) is 4.83. The Hall–Kier alpha value is -1.95. The average molecular weight is 278 g/mol. The van der Waals surface area contributed by atoms with Gasteiger partial charge in [-0.15, -0.1) is 0 Å². The fraction of sp³-hybridized carbons (Fsp3) is 0.500. The normalized spacial score (nSPS) is 17.9. The molecule has 6 heteroatoms. The van der Waals surface area contributed by atoms with Crippen molar-refractivity contribution < 1.29 is 19.4 Å². The topological polar surface area (TPSA) is 79.7 Å². The zero-order chi connectivity index (χ0) is 14.5. The second kappa shape index (κ2) is 6.47. The van der Waals surface area contributed by atoms with E-state index in [4.69, 9.17) is 9.84 Å². The molecule has 1 aromatic heterocycles. The molecule has 108 valence electrons. The maximum absolute atomic E-state index is 12.4. The van der Waals surface area contributed by atoms with E-state index in [9.17, 15) is 9.59 Å². The van der Waals surface area contributed by atoms with Crippen LogP contribution in [0.25, 0.3) is 0 Å². The quantitative estimate of drug-likeness (QED) is 0.880. The van der Waals surface area contributed by atoms with Crippen LogP contribution in [0.15, 0.2) is 18.3 Å². The van der Waals surface area contributed by atoms with Crippen LogP contribution in [0, 0.1) is 6.92 Å². The molecule has 0 bridgehead atoms. The number of anilines is 1. The van der Waals surface area contributed by atoms with Crippen molar-refractivity contribution in [1.82, 2.24) is 4.98 Å². The van der Waals surface area contributed by atoms with Crippen LogP contribution in [0.5, 0.6) is 0 Å². The molecule has 0 aromatic carbocycles. The van der Waals surface area contributed by atoms with Gasteiger partial charge in [0.2, 0.25) is 0 Å². The highest BCUT2D eigenvalue weighted by molar-refractivity contribution is 5.96. The molecular weight excluding hydrogens is 260 g/mol. The number of hydrogen-bond donors (Lipinski definition) is 1. The minimum atomic E-state index is -0.942. The smallest absolute Gasteiger partial charge is 0.305 e. The lowest BCUT2D eigenvalue weighted by molar-refractivity contribution is -0.136. The zero-order valence-electron chi connectivity index (χ0n) is 11.4. The van der Waals surface area contributed by atoms with Crippen molar-refractivity contribution in [2.45, 2.75) is 32.3 Å². The number of ether oxygens (including phenoxy) is 1. The first-order valence-corrected chi connectivity index (χ1v) is 6.65. The van der Waals surface area contributed by atoms with Gasteiger partial charge in [0.15, 0.2) is 0 Å². The average Bonchev–Trinajstić information content (AvgIpc) is 2.94. The lowest BCUT2D eigenvalue weighted by atomic mass is 10.2. The first-order chi connectivity index (χ1) is 9.58. The Bertz CT molecular complexity index is 480.